The lowest BCUT2D eigenvalue weighted by Gasteiger charge is -2.45. The van der Waals surface area contributed by atoms with Gasteiger partial charge in [-0.25, -0.2) is 13.1 Å². The van der Waals surface area contributed by atoms with E-state index in [1.807, 2.05) is 18.2 Å². The van der Waals surface area contributed by atoms with Crippen molar-refractivity contribution in [3.63, 3.8) is 0 Å². The van der Waals surface area contributed by atoms with Crippen LogP contribution in [0.25, 0.3) is 0 Å². The van der Waals surface area contributed by atoms with Crippen LogP contribution in [0.1, 0.15) is 80.8 Å². The predicted molar refractivity (Wildman–Crippen MR) is 194 cm³/mol. The lowest BCUT2D eigenvalue weighted by atomic mass is 9.68. The molecule has 0 unspecified atom stereocenters. The van der Waals surface area contributed by atoms with Gasteiger partial charge in [-0.1, -0.05) is 50.6 Å². The summed E-state index contributed by atoms with van der Waals surface area (Å²) in [6.07, 6.45) is 8.72. The lowest BCUT2D eigenvalue weighted by Crippen LogP contribution is -2.49. The number of nitrogens with one attached hydrogen (secondary N) is 1. The minimum Gasteiger partial charge on any atom is -0.490 e. The van der Waals surface area contributed by atoms with Gasteiger partial charge in [-0.2, -0.15) is 0 Å². The van der Waals surface area contributed by atoms with Gasteiger partial charge in [-0.15, -0.1) is 0 Å². The summed E-state index contributed by atoms with van der Waals surface area (Å²) in [5.41, 5.74) is 3.27. The first-order chi connectivity index (χ1) is 22.6. The second-order valence-electron chi connectivity index (χ2n) is 16.0. The summed E-state index contributed by atoms with van der Waals surface area (Å²) >= 11 is 6.42. The number of fused-ring (bicyclic) bond motifs is 4. The number of allylic oxidation sites excluding steroid dienone is 1. The van der Waals surface area contributed by atoms with Gasteiger partial charge in [-0.3, -0.25) is 4.79 Å². The van der Waals surface area contributed by atoms with E-state index in [-0.39, 0.29) is 40.9 Å². The fourth-order valence-corrected chi connectivity index (χ4v) is 10.1. The third kappa shape index (κ3) is 7.11. The zero-order chi connectivity index (χ0) is 34.5. The Balaban J connectivity index is 1.36. The number of aliphatic hydroxyl groups excluding tert-OH is 1. The summed E-state index contributed by atoms with van der Waals surface area (Å²) < 4.78 is 42.9. The maximum Gasteiger partial charge on any atom is 0.264 e. The van der Waals surface area contributed by atoms with E-state index in [1.54, 1.807) is 18.2 Å². The van der Waals surface area contributed by atoms with Gasteiger partial charge >= 0.3 is 0 Å². The Morgan fingerprint density at radius 2 is 1.90 bits per heavy atom. The first-order valence-corrected chi connectivity index (χ1v) is 22.3. The van der Waals surface area contributed by atoms with Gasteiger partial charge < -0.3 is 19.2 Å². The predicted octanol–water partition coefficient (Wildman–Crippen LogP) is 7.00. The molecule has 2 aromatic carbocycles. The van der Waals surface area contributed by atoms with Crippen LogP contribution in [0.2, 0.25) is 23.2 Å². The van der Waals surface area contributed by atoms with Crippen molar-refractivity contribution in [3.05, 3.63) is 70.3 Å². The molecule has 0 saturated heterocycles. The molecule has 2 aliphatic carbocycles. The van der Waals surface area contributed by atoms with Gasteiger partial charge in [0.1, 0.15) is 11.0 Å². The van der Waals surface area contributed by atoms with Crippen molar-refractivity contribution in [1.82, 2.24) is 4.72 Å². The Kier molecular flexibility index (Phi) is 9.89. The van der Waals surface area contributed by atoms with Gasteiger partial charge in [0.15, 0.2) is 8.32 Å². The van der Waals surface area contributed by atoms with Gasteiger partial charge in [-0.05, 0) is 116 Å². The fourth-order valence-electron chi connectivity index (χ4n) is 7.60. The number of rotatable bonds is 3. The van der Waals surface area contributed by atoms with Crippen LogP contribution in [0.15, 0.2) is 48.6 Å². The van der Waals surface area contributed by atoms with Crippen LogP contribution >= 0.6 is 11.6 Å². The molecular weight excluding hydrogens is 664 g/mol. The highest BCUT2D eigenvalue weighted by atomic mass is 35.5. The zero-order valence-electron chi connectivity index (χ0n) is 28.9. The molecule has 8 nitrogen and oxygen atoms in total. The molecule has 6 rings (SSSR count). The van der Waals surface area contributed by atoms with E-state index < -0.39 is 35.6 Å². The van der Waals surface area contributed by atoms with E-state index in [1.165, 1.54) is 11.1 Å². The molecule has 1 spiro atoms. The Morgan fingerprint density at radius 3 is 2.62 bits per heavy atom. The summed E-state index contributed by atoms with van der Waals surface area (Å²) in [6, 6.07) is 11.4. The van der Waals surface area contributed by atoms with Crippen LogP contribution in [-0.2, 0) is 26.3 Å². The van der Waals surface area contributed by atoms with Crippen LogP contribution in [0.4, 0.5) is 5.69 Å². The molecule has 262 valence electrons. The zero-order valence-corrected chi connectivity index (χ0v) is 31.5. The molecule has 0 radical (unpaired) electrons. The second-order valence-corrected chi connectivity index (χ2v) is 23.2. The Morgan fingerprint density at radius 1 is 1.12 bits per heavy atom. The summed E-state index contributed by atoms with van der Waals surface area (Å²) in [6.45, 7) is 12.4. The summed E-state index contributed by atoms with van der Waals surface area (Å²) in [7, 11) is -6.37. The molecule has 48 heavy (non-hydrogen) atoms. The first kappa shape index (κ1) is 35.5. The molecular formula is C37H51ClN2O6SSi. The monoisotopic (exact) mass is 714 g/mol. The number of nitrogens with zero attached hydrogens (tertiary/aromatic N) is 1. The van der Waals surface area contributed by atoms with E-state index in [4.69, 9.17) is 20.8 Å². The van der Waals surface area contributed by atoms with Crippen LogP contribution < -0.4 is 14.4 Å². The molecule has 2 N–H and O–H groups in total. The number of ether oxygens (including phenoxy) is 1. The van der Waals surface area contributed by atoms with Gasteiger partial charge in [0, 0.05) is 29.1 Å². The molecule has 11 heteroatoms. The summed E-state index contributed by atoms with van der Waals surface area (Å²) in [5, 5.41) is 11.0. The smallest absolute Gasteiger partial charge is 0.264 e. The fraction of sp³-hybridized carbons (Fsp3) is 0.595. The molecule has 2 heterocycles. The second kappa shape index (κ2) is 13.4. The van der Waals surface area contributed by atoms with Gasteiger partial charge in [0.2, 0.25) is 10.0 Å². The number of aliphatic hydroxyl groups is 1. The normalized spacial score (nSPS) is 29.8. The molecule has 5 atom stereocenters. The molecule has 1 saturated carbocycles. The van der Waals surface area contributed by atoms with Crippen molar-refractivity contribution in [3.8, 4) is 5.75 Å². The van der Waals surface area contributed by atoms with E-state index in [2.05, 4.69) is 55.6 Å². The number of carbonyl (C=O) groups excluding carboxylic acids is 1. The molecule has 1 amide bonds. The highest BCUT2D eigenvalue weighted by Gasteiger charge is 2.45. The molecule has 1 fully saturated rings. The van der Waals surface area contributed by atoms with E-state index in [9.17, 15) is 18.3 Å². The van der Waals surface area contributed by atoms with E-state index in [0.29, 0.717) is 31.9 Å². The third-order valence-corrected chi connectivity index (χ3v) is 18.2. The van der Waals surface area contributed by atoms with Crippen LogP contribution in [0, 0.1) is 11.8 Å². The van der Waals surface area contributed by atoms with E-state index >= 15 is 0 Å². The third-order valence-electron chi connectivity index (χ3n) is 11.8. The maximum atomic E-state index is 13.8. The first-order valence-electron chi connectivity index (χ1n) is 17.4. The van der Waals surface area contributed by atoms with Crippen molar-refractivity contribution in [2.75, 3.05) is 31.2 Å². The number of hydrogen-bond acceptors (Lipinski definition) is 7. The standard InChI is InChI=1S/C37H51ClN2O6SSi/c1-36(2,3)48(4,5)46-22-29-10-6-7-11-33(41)30-15-12-27(30)21-40-23-37(18-8-9-25-19-28(38)14-16-31(25)37)24-45-34-17-13-26(20-32(34)40)35(42)39-47(29,43)44/h6-7,13-14,16-17,19-20,27,29-30,33,41H,8-12,15,18,21-24H2,1-5H3,(H,39,42)/b7-6+/t27-,29-,30+,33-,37-/m0/s1. The Labute approximate surface area is 292 Å². The highest BCUT2D eigenvalue weighted by molar-refractivity contribution is 7.90. The van der Waals surface area contributed by atoms with E-state index in [0.717, 1.165) is 42.8 Å². The van der Waals surface area contributed by atoms with Crippen molar-refractivity contribution in [2.45, 2.75) is 101 Å². The maximum absolute atomic E-state index is 13.8. The molecule has 2 aliphatic heterocycles. The van der Waals surface area contributed by atoms with Crippen molar-refractivity contribution < 1.29 is 27.5 Å². The number of aryl methyl sites for hydroxylation is 1. The molecule has 0 aromatic heterocycles. The number of anilines is 1. The average Bonchev–Trinajstić information content (AvgIpc) is 3.14. The molecule has 4 aliphatic rings. The van der Waals surface area contributed by atoms with Gasteiger partial charge in [0.05, 0.1) is 25.0 Å². The van der Waals surface area contributed by atoms with Crippen LogP contribution in [0.3, 0.4) is 0 Å². The number of carbonyl (C=O) groups is 1. The molecule has 2 bridgehead atoms. The number of hydrogen-bond donors (Lipinski definition) is 2. The van der Waals surface area contributed by atoms with Crippen LogP contribution in [-0.4, -0.2) is 65.4 Å². The van der Waals surface area contributed by atoms with Crippen molar-refractivity contribution in [1.29, 1.82) is 0 Å². The van der Waals surface area contributed by atoms with Crippen molar-refractivity contribution >= 4 is 41.5 Å². The minimum atomic E-state index is -4.11. The number of sulfonamides is 1. The average molecular weight is 715 g/mol. The Hall–Kier alpha value is -2.37. The van der Waals surface area contributed by atoms with Crippen molar-refractivity contribution in [2.24, 2.45) is 11.8 Å². The Bertz CT molecular complexity index is 1670. The summed E-state index contributed by atoms with van der Waals surface area (Å²) in [4.78, 5) is 16.1. The lowest BCUT2D eigenvalue weighted by molar-refractivity contribution is 0.0177. The minimum absolute atomic E-state index is 0.0166. The summed E-state index contributed by atoms with van der Waals surface area (Å²) in [5.74, 6) is 0.422. The van der Waals surface area contributed by atoms with Gasteiger partial charge in [0.25, 0.3) is 5.91 Å². The number of halogens is 1. The highest BCUT2D eigenvalue weighted by Crippen LogP contribution is 2.47. The topological polar surface area (TPSA) is 105 Å². The molecule has 2 aromatic rings. The SMILES string of the molecule is CC(C)(C)[Si](C)(C)OC[C@@H]1C/C=C/C[C@H](O)[C@@H]2CC[C@H]2CN2C[C@@]3(CCCc4cc(Cl)ccc43)COc3ccc(cc32)C(=O)NS1(=O)=O. The number of amides is 1. The van der Waals surface area contributed by atoms with Crippen LogP contribution in [0.5, 0.6) is 5.75 Å². The quantitative estimate of drug-likeness (QED) is 0.261. The number of benzene rings is 2. The largest absolute Gasteiger partial charge is 0.490 e.